The van der Waals surface area contributed by atoms with Crippen molar-refractivity contribution in [2.75, 3.05) is 83.0 Å². The van der Waals surface area contributed by atoms with Crippen molar-refractivity contribution in [2.24, 2.45) is 0 Å². The van der Waals surface area contributed by atoms with Crippen LogP contribution in [0, 0.1) is 11.6 Å². The normalized spacial score (nSPS) is 20.0. The van der Waals surface area contributed by atoms with Crippen LogP contribution in [0.25, 0.3) is 43.6 Å². The lowest BCUT2D eigenvalue weighted by Crippen LogP contribution is -2.32. The van der Waals surface area contributed by atoms with Gasteiger partial charge in [0.1, 0.15) is 67.9 Å². The lowest BCUT2D eigenvalue weighted by atomic mass is 10.1. The maximum Gasteiger partial charge on any atom is 0.319 e. The Hall–Kier alpha value is -5.65. The van der Waals surface area contributed by atoms with Crippen LogP contribution in [-0.2, 0) is 4.74 Å². The Kier molecular flexibility index (Phi) is 17.7. The van der Waals surface area contributed by atoms with Crippen molar-refractivity contribution < 1.29 is 32.5 Å². The summed E-state index contributed by atoms with van der Waals surface area (Å²) in [7, 11) is 4.20. The highest BCUT2D eigenvalue weighted by atomic mass is 35.5. The summed E-state index contributed by atoms with van der Waals surface area (Å²) in [6, 6.07) is 7.16. The zero-order valence-electron chi connectivity index (χ0n) is 44.8. The number of piperidine rings is 2. The van der Waals surface area contributed by atoms with Gasteiger partial charge in [-0.3, -0.25) is 5.10 Å². The molecule has 0 aliphatic carbocycles. The molecule has 81 heavy (non-hydrogen) atoms. The second-order valence-electron chi connectivity index (χ2n) is 21.1. The van der Waals surface area contributed by atoms with E-state index in [1.54, 1.807) is 23.0 Å². The monoisotopic (exact) mass is 1210 g/mol. The van der Waals surface area contributed by atoms with Gasteiger partial charge in [0.05, 0.1) is 45.0 Å². The summed E-state index contributed by atoms with van der Waals surface area (Å²) in [5, 5.41) is 13.7. The molecule has 0 amide bonds. The van der Waals surface area contributed by atoms with E-state index in [0.717, 1.165) is 110 Å². The highest BCUT2D eigenvalue weighted by Crippen LogP contribution is 2.45. The summed E-state index contributed by atoms with van der Waals surface area (Å²) in [5.41, 5.74) is 1.78. The minimum absolute atomic E-state index is 0. The average Bonchev–Trinajstić information content (AvgIpc) is 4.42. The van der Waals surface area contributed by atoms with Crippen molar-refractivity contribution in [1.29, 1.82) is 0 Å². The molecule has 5 fully saturated rings. The van der Waals surface area contributed by atoms with E-state index in [2.05, 4.69) is 63.9 Å². The first-order valence-electron chi connectivity index (χ1n) is 27.5. The number of ether oxygens (including phenoxy) is 5. The van der Waals surface area contributed by atoms with Crippen molar-refractivity contribution in [2.45, 2.75) is 102 Å². The maximum atomic E-state index is 15.3. The molecular weight excluding hydrogens is 1150 g/mol. The van der Waals surface area contributed by atoms with E-state index in [9.17, 15) is 4.39 Å². The number of halogens is 7. The fourth-order valence-corrected chi connectivity index (χ4v) is 12.2. The number of fused-ring (bicyclic) bond motifs is 4. The third-order valence-corrected chi connectivity index (χ3v) is 16.9. The first kappa shape index (κ1) is 57.2. The topological polar surface area (TPSA) is 183 Å². The van der Waals surface area contributed by atoms with Crippen molar-refractivity contribution in [3.05, 3.63) is 68.6 Å². The molecule has 26 heteroatoms. The van der Waals surface area contributed by atoms with E-state index in [1.807, 2.05) is 0 Å². The van der Waals surface area contributed by atoms with E-state index < -0.39 is 11.6 Å². The summed E-state index contributed by atoms with van der Waals surface area (Å²) in [5.74, 6) is 0.480. The third-order valence-electron chi connectivity index (χ3n) is 15.8. The van der Waals surface area contributed by atoms with Gasteiger partial charge in [-0.25, -0.2) is 13.5 Å². The van der Waals surface area contributed by atoms with E-state index >= 15 is 4.39 Å². The number of anilines is 2. The number of nitrogens with zero attached hydrogens (tertiary/aromatic N) is 13. The highest BCUT2D eigenvalue weighted by molar-refractivity contribution is 6.34. The van der Waals surface area contributed by atoms with Crippen molar-refractivity contribution in [3.63, 3.8) is 0 Å². The number of hydrogen-bond donors (Lipinski definition) is 1. The van der Waals surface area contributed by atoms with Crippen LogP contribution in [-0.4, -0.2) is 145 Å². The number of rotatable bonds is 13. The first-order valence-corrected chi connectivity index (χ1v) is 29.0. The molecular formula is C55H61Cl5F2N14O5. The third kappa shape index (κ3) is 12.1. The van der Waals surface area contributed by atoms with Gasteiger partial charge in [-0.2, -0.15) is 40.1 Å². The first-order chi connectivity index (χ1) is 38.9. The molecule has 8 aromatic rings. The molecule has 5 saturated heterocycles. The minimum atomic E-state index is -0.645. The number of aromatic amines is 1. The van der Waals surface area contributed by atoms with Crippen molar-refractivity contribution in [1.82, 2.24) is 59.7 Å². The Bertz CT molecular complexity index is 3570. The Morgan fingerprint density at radius 3 is 1.62 bits per heavy atom. The van der Waals surface area contributed by atoms with E-state index in [1.165, 1.54) is 31.2 Å². The molecule has 0 radical (unpaired) electrons. The van der Waals surface area contributed by atoms with Crippen LogP contribution in [0.2, 0.25) is 20.4 Å². The van der Waals surface area contributed by atoms with E-state index in [-0.39, 0.29) is 74.3 Å². The number of aromatic nitrogens is 10. The van der Waals surface area contributed by atoms with Crippen LogP contribution < -0.4 is 28.7 Å². The molecule has 0 saturated carbocycles. The zero-order chi connectivity index (χ0) is 55.0. The Morgan fingerprint density at radius 2 is 1.11 bits per heavy atom. The van der Waals surface area contributed by atoms with Gasteiger partial charge in [0.25, 0.3) is 0 Å². The molecule has 1 unspecified atom stereocenters. The fraction of sp³-hybridized carbons (Fsp3) is 0.491. The van der Waals surface area contributed by atoms with Gasteiger partial charge in [-0.1, -0.05) is 46.4 Å². The van der Waals surface area contributed by atoms with Gasteiger partial charge in [0.2, 0.25) is 11.8 Å². The predicted molar refractivity (Wildman–Crippen MR) is 311 cm³/mol. The van der Waals surface area contributed by atoms with E-state index in [4.69, 9.17) is 85.0 Å². The van der Waals surface area contributed by atoms with Gasteiger partial charge in [0.15, 0.2) is 17.7 Å². The quantitative estimate of drug-likeness (QED) is 0.107. The van der Waals surface area contributed by atoms with Gasteiger partial charge in [-0.15, -0.1) is 12.4 Å². The van der Waals surface area contributed by atoms with E-state index in [0.29, 0.717) is 87.2 Å². The Balaban J connectivity index is 0.000000170. The lowest BCUT2D eigenvalue weighted by molar-refractivity contribution is -0.0366. The largest absolute Gasteiger partial charge is 0.462 e. The average molecular weight is 1210 g/mol. The number of pyridine rings is 2. The predicted octanol–water partition coefficient (Wildman–Crippen LogP) is 12.8. The molecule has 6 aromatic heterocycles. The van der Waals surface area contributed by atoms with Crippen LogP contribution >= 0.6 is 58.8 Å². The van der Waals surface area contributed by atoms with Crippen molar-refractivity contribution >= 4 is 114 Å². The van der Waals surface area contributed by atoms with Crippen LogP contribution in [0.15, 0.2) is 36.7 Å². The molecule has 19 nitrogen and oxygen atoms in total. The zero-order valence-corrected chi connectivity index (χ0v) is 48.6. The van der Waals surface area contributed by atoms with Gasteiger partial charge in [-0.05, 0) is 123 Å². The van der Waals surface area contributed by atoms with Gasteiger partial charge < -0.3 is 43.3 Å². The Morgan fingerprint density at radius 1 is 0.580 bits per heavy atom. The standard InChI is InChI=1S/C30H34Cl2FN7O3.C25H26Cl2FN7O2.ClH/c1-38-10-7-8-18(38)17-42-30-36-26-19(28(37-30)39-11-4-2-5-12-39)14-23(31)35-29(26)43-27-20-16-34-40(24-9-3-6-13-41-24)22(20)15-21(33)25(27)32;1-34-7-5-6-14(34)13-36-25-31-21-15(23(32-25)35-8-3-2-4-9-35)10-19(26)30-24(21)37-22-16-12-29-33-18(16)11-17(28)20(22)27;/h14-16,18,24H,2-13,17H2,1H3;10-12,14H,2-9,13H2,1H3,(H,29,33);1H/t18-,24?;14-;/m00./s1. The van der Waals surface area contributed by atoms with Crippen LogP contribution in [0.5, 0.6) is 35.3 Å². The van der Waals surface area contributed by atoms with Crippen molar-refractivity contribution in [3.8, 4) is 35.3 Å². The number of benzene rings is 2. The second-order valence-corrected chi connectivity index (χ2v) is 22.6. The molecule has 1 N–H and O–H groups in total. The van der Waals surface area contributed by atoms with Gasteiger partial charge in [0, 0.05) is 57.0 Å². The molecule has 3 atom stereocenters. The summed E-state index contributed by atoms with van der Waals surface area (Å²) < 4.78 is 62.3. The summed E-state index contributed by atoms with van der Waals surface area (Å²) >= 11 is 25.8. The molecule has 0 spiro atoms. The second kappa shape index (κ2) is 25.1. The summed E-state index contributed by atoms with van der Waals surface area (Å²) in [6.07, 6.45) is 16.6. The van der Waals surface area contributed by atoms with Crippen LogP contribution in [0.3, 0.4) is 0 Å². The summed E-state index contributed by atoms with van der Waals surface area (Å²) in [4.78, 5) is 37.0. The highest BCUT2D eigenvalue weighted by Gasteiger charge is 2.30. The SMILES string of the molecule is CN1CCC[C@H]1COc1nc(N2CCCCC2)c2cc(Cl)nc(Oc3c(Cl)c(F)cc4[nH]ncc34)c2n1.CN1CCC[C@H]1COc1nc(N2CCCCC2)c2cc(Cl)nc(Oc3c(Cl)c(F)cc4c3cnn4C3CCCCO3)c2n1.Cl. The minimum Gasteiger partial charge on any atom is -0.462 e. The molecule has 0 bridgehead atoms. The smallest absolute Gasteiger partial charge is 0.319 e. The van der Waals surface area contributed by atoms with Crippen LogP contribution in [0.4, 0.5) is 20.4 Å². The molecule has 13 rings (SSSR count). The van der Waals surface area contributed by atoms with Crippen LogP contribution in [0.1, 0.15) is 89.7 Å². The Labute approximate surface area is 492 Å². The number of nitrogens with one attached hydrogen (secondary N) is 1. The molecule has 430 valence electrons. The fourth-order valence-electron chi connectivity index (χ4n) is 11.4. The number of H-pyrrole nitrogens is 1. The molecule has 11 heterocycles. The lowest BCUT2D eigenvalue weighted by Gasteiger charge is -2.29. The molecule has 5 aliphatic rings. The number of likely N-dealkylation sites (N-methyl/N-ethyl adjacent to an activating group) is 2. The maximum absolute atomic E-state index is 15.3. The molecule has 2 aromatic carbocycles. The number of likely N-dealkylation sites (tertiary alicyclic amines) is 2. The molecule has 5 aliphatic heterocycles. The summed E-state index contributed by atoms with van der Waals surface area (Å²) in [6.45, 7) is 7.08. The van der Waals surface area contributed by atoms with Gasteiger partial charge >= 0.3 is 12.0 Å². The number of hydrogen-bond acceptors (Lipinski definition) is 17.